The molecule has 114 valence electrons. The Hall–Kier alpha value is -1.84. The summed E-state index contributed by atoms with van der Waals surface area (Å²) in [5, 5.41) is 7.45. The van der Waals surface area contributed by atoms with Crippen LogP contribution in [0.25, 0.3) is 0 Å². The van der Waals surface area contributed by atoms with Gasteiger partial charge in [0.15, 0.2) is 5.82 Å². The van der Waals surface area contributed by atoms with E-state index in [2.05, 4.69) is 74.3 Å². The van der Waals surface area contributed by atoms with E-state index in [1.807, 2.05) is 6.92 Å². The largest absolute Gasteiger partial charge is 0.374 e. The SMILES string of the molecule is CC(C)c1ccc(NC(C)c2nc(C(C)(C)C)no2)cc1. The summed E-state index contributed by atoms with van der Waals surface area (Å²) in [5.74, 6) is 1.90. The molecule has 1 aromatic heterocycles. The number of benzene rings is 1. The first-order chi connectivity index (χ1) is 9.77. The number of aromatic nitrogens is 2. The Morgan fingerprint density at radius 1 is 1.05 bits per heavy atom. The summed E-state index contributed by atoms with van der Waals surface area (Å²) in [6.07, 6.45) is 0. The van der Waals surface area contributed by atoms with Gasteiger partial charge in [-0.3, -0.25) is 0 Å². The highest BCUT2D eigenvalue weighted by molar-refractivity contribution is 5.46. The van der Waals surface area contributed by atoms with E-state index >= 15 is 0 Å². The molecule has 0 radical (unpaired) electrons. The predicted molar refractivity (Wildman–Crippen MR) is 85.6 cm³/mol. The second-order valence-corrected chi connectivity index (χ2v) is 6.85. The molecular formula is C17H25N3O. The third-order valence-corrected chi connectivity index (χ3v) is 3.44. The fraction of sp³-hybridized carbons (Fsp3) is 0.529. The molecule has 4 heteroatoms. The third-order valence-electron chi connectivity index (χ3n) is 3.44. The van der Waals surface area contributed by atoms with Crippen molar-refractivity contribution in [3.05, 3.63) is 41.5 Å². The van der Waals surface area contributed by atoms with Gasteiger partial charge in [-0.1, -0.05) is 51.9 Å². The van der Waals surface area contributed by atoms with E-state index in [-0.39, 0.29) is 11.5 Å². The Kier molecular flexibility index (Phi) is 4.35. The van der Waals surface area contributed by atoms with E-state index < -0.39 is 0 Å². The lowest BCUT2D eigenvalue weighted by Crippen LogP contribution is -2.14. The number of hydrogen-bond acceptors (Lipinski definition) is 4. The van der Waals surface area contributed by atoms with E-state index in [4.69, 9.17) is 4.52 Å². The number of anilines is 1. The second kappa shape index (κ2) is 5.88. The van der Waals surface area contributed by atoms with Crippen LogP contribution in [0.3, 0.4) is 0 Å². The highest BCUT2D eigenvalue weighted by Crippen LogP contribution is 2.24. The number of rotatable bonds is 4. The van der Waals surface area contributed by atoms with Crippen LogP contribution in [0.4, 0.5) is 5.69 Å². The molecule has 4 nitrogen and oxygen atoms in total. The fourth-order valence-corrected chi connectivity index (χ4v) is 1.99. The van der Waals surface area contributed by atoms with Crippen molar-refractivity contribution in [1.82, 2.24) is 10.1 Å². The van der Waals surface area contributed by atoms with Crippen molar-refractivity contribution in [3.8, 4) is 0 Å². The number of hydrogen-bond donors (Lipinski definition) is 1. The maximum Gasteiger partial charge on any atom is 0.248 e. The molecular weight excluding hydrogens is 262 g/mol. The van der Waals surface area contributed by atoms with Gasteiger partial charge in [-0.15, -0.1) is 0 Å². The van der Waals surface area contributed by atoms with Crippen molar-refractivity contribution in [1.29, 1.82) is 0 Å². The molecule has 0 fully saturated rings. The molecule has 2 rings (SSSR count). The van der Waals surface area contributed by atoms with Crippen LogP contribution >= 0.6 is 0 Å². The van der Waals surface area contributed by atoms with Crippen LogP contribution < -0.4 is 5.32 Å². The molecule has 0 saturated carbocycles. The topological polar surface area (TPSA) is 51.0 Å². The van der Waals surface area contributed by atoms with Crippen LogP contribution in [0.2, 0.25) is 0 Å². The van der Waals surface area contributed by atoms with Gasteiger partial charge in [0.05, 0.1) is 0 Å². The van der Waals surface area contributed by atoms with Gasteiger partial charge in [-0.05, 0) is 30.5 Å². The van der Waals surface area contributed by atoms with Crippen molar-refractivity contribution in [3.63, 3.8) is 0 Å². The Morgan fingerprint density at radius 2 is 1.67 bits per heavy atom. The molecule has 0 amide bonds. The monoisotopic (exact) mass is 287 g/mol. The molecule has 0 bridgehead atoms. The lowest BCUT2D eigenvalue weighted by molar-refractivity contribution is 0.354. The highest BCUT2D eigenvalue weighted by Gasteiger charge is 2.23. The average molecular weight is 287 g/mol. The molecule has 1 heterocycles. The summed E-state index contributed by atoms with van der Waals surface area (Å²) in [6, 6.07) is 8.46. The van der Waals surface area contributed by atoms with Crippen LogP contribution in [-0.4, -0.2) is 10.1 Å². The highest BCUT2D eigenvalue weighted by atomic mass is 16.5. The van der Waals surface area contributed by atoms with E-state index in [9.17, 15) is 0 Å². The zero-order valence-electron chi connectivity index (χ0n) is 13.8. The first-order valence-electron chi connectivity index (χ1n) is 7.48. The summed E-state index contributed by atoms with van der Waals surface area (Å²) in [4.78, 5) is 4.48. The van der Waals surface area contributed by atoms with Crippen LogP contribution in [-0.2, 0) is 5.41 Å². The molecule has 1 atom stereocenters. The zero-order chi connectivity index (χ0) is 15.6. The lowest BCUT2D eigenvalue weighted by Gasteiger charge is -2.13. The molecule has 0 saturated heterocycles. The molecule has 0 aliphatic heterocycles. The summed E-state index contributed by atoms with van der Waals surface area (Å²) >= 11 is 0. The standard InChI is InChI=1S/C17H25N3O/c1-11(2)13-7-9-14(10-8-13)18-12(3)15-19-16(20-21-15)17(4,5)6/h7-12,18H,1-6H3. The Morgan fingerprint density at radius 3 is 2.14 bits per heavy atom. The van der Waals surface area contributed by atoms with E-state index in [0.29, 0.717) is 11.8 Å². The molecule has 2 aromatic rings. The summed E-state index contributed by atoms with van der Waals surface area (Å²) < 4.78 is 5.36. The van der Waals surface area contributed by atoms with Crippen molar-refractivity contribution in [2.45, 2.75) is 58.9 Å². The summed E-state index contributed by atoms with van der Waals surface area (Å²) in [6.45, 7) is 12.6. The molecule has 0 aliphatic rings. The maximum absolute atomic E-state index is 5.36. The average Bonchev–Trinajstić information content (AvgIpc) is 2.88. The van der Waals surface area contributed by atoms with E-state index in [1.165, 1.54) is 5.56 Å². The Bertz CT molecular complexity index is 579. The van der Waals surface area contributed by atoms with Crippen molar-refractivity contribution >= 4 is 5.69 Å². The summed E-state index contributed by atoms with van der Waals surface area (Å²) in [5.41, 5.74) is 2.30. The fourth-order valence-electron chi connectivity index (χ4n) is 1.99. The van der Waals surface area contributed by atoms with Crippen LogP contribution in [0.5, 0.6) is 0 Å². The minimum Gasteiger partial charge on any atom is -0.374 e. The van der Waals surface area contributed by atoms with Gasteiger partial charge in [0.2, 0.25) is 5.89 Å². The number of nitrogens with one attached hydrogen (secondary N) is 1. The minimum atomic E-state index is -0.0968. The van der Waals surface area contributed by atoms with E-state index in [1.54, 1.807) is 0 Å². The van der Waals surface area contributed by atoms with Gasteiger partial charge in [0.25, 0.3) is 0 Å². The van der Waals surface area contributed by atoms with Gasteiger partial charge in [0.1, 0.15) is 6.04 Å². The lowest BCUT2D eigenvalue weighted by atomic mass is 9.96. The maximum atomic E-state index is 5.36. The smallest absolute Gasteiger partial charge is 0.248 e. The minimum absolute atomic E-state index is 0.0153. The molecule has 0 aliphatic carbocycles. The van der Waals surface area contributed by atoms with Crippen LogP contribution in [0.15, 0.2) is 28.8 Å². The van der Waals surface area contributed by atoms with Gasteiger partial charge in [-0.25, -0.2) is 0 Å². The van der Waals surface area contributed by atoms with Crippen molar-refractivity contribution in [2.24, 2.45) is 0 Å². The molecule has 1 N–H and O–H groups in total. The van der Waals surface area contributed by atoms with Gasteiger partial charge in [0, 0.05) is 11.1 Å². The first kappa shape index (κ1) is 15.5. The van der Waals surface area contributed by atoms with Gasteiger partial charge in [-0.2, -0.15) is 4.98 Å². The van der Waals surface area contributed by atoms with E-state index in [0.717, 1.165) is 11.5 Å². The van der Waals surface area contributed by atoms with Crippen molar-refractivity contribution < 1.29 is 4.52 Å². The summed E-state index contributed by atoms with van der Waals surface area (Å²) in [7, 11) is 0. The molecule has 0 spiro atoms. The number of nitrogens with zero attached hydrogens (tertiary/aromatic N) is 2. The second-order valence-electron chi connectivity index (χ2n) is 6.85. The van der Waals surface area contributed by atoms with Crippen LogP contribution in [0, 0.1) is 0 Å². The van der Waals surface area contributed by atoms with Crippen LogP contribution in [0.1, 0.15) is 70.8 Å². The van der Waals surface area contributed by atoms with Gasteiger partial charge < -0.3 is 9.84 Å². The zero-order valence-corrected chi connectivity index (χ0v) is 13.8. The molecule has 1 unspecified atom stereocenters. The van der Waals surface area contributed by atoms with Crippen molar-refractivity contribution in [2.75, 3.05) is 5.32 Å². The predicted octanol–water partition coefficient (Wildman–Crippen LogP) is 4.66. The quantitative estimate of drug-likeness (QED) is 0.888. The normalized spacial score (nSPS) is 13.5. The molecule has 21 heavy (non-hydrogen) atoms. The first-order valence-corrected chi connectivity index (χ1v) is 7.48. The third kappa shape index (κ3) is 3.84. The van der Waals surface area contributed by atoms with Gasteiger partial charge >= 0.3 is 0 Å². The Labute approximate surface area is 127 Å². The Balaban J connectivity index is 2.07. The molecule has 1 aromatic carbocycles.